The highest BCUT2D eigenvalue weighted by atomic mass is 16.5. The molecule has 4 heteroatoms. The van der Waals surface area contributed by atoms with Crippen molar-refractivity contribution in [2.45, 2.75) is 39.2 Å². The molecule has 18 heavy (non-hydrogen) atoms. The van der Waals surface area contributed by atoms with E-state index in [4.69, 9.17) is 15.6 Å². The van der Waals surface area contributed by atoms with Crippen LogP contribution in [0.5, 0.6) is 5.75 Å². The summed E-state index contributed by atoms with van der Waals surface area (Å²) in [6, 6.07) is 5.67. The van der Waals surface area contributed by atoms with Crippen LogP contribution in [0.1, 0.15) is 37.3 Å². The fourth-order valence-electron chi connectivity index (χ4n) is 1.92. The molecular weight excluding hydrogens is 230 g/mol. The molecule has 0 amide bonds. The zero-order chi connectivity index (χ0) is 13.7. The Morgan fingerprint density at radius 1 is 1.44 bits per heavy atom. The van der Waals surface area contributed by atoms with Crippen molar-refractivity contribution in [2.75, 3.05) is 6.54 Å². The molecular formula is C14H21NO3. The first kappa shape index (κ1) is 14.5. The second kappa shape index (κ2) is 6.40. The number of ether oxygens (including phenoxy) is 1. The van der Waals surface area contributed by atoms with Crippen LogP contribution in [-0.4, -0.2) is 23.7 Å². The molecule has 0 aliphatic carbocycles. The Morgan fingerprint density at radius 2 is 2.11 bits per heavy atom. The zero-order valence-corrected chi connectivity index (χ0v) is 11.1. The lowest BCUT2D eigenvalue weighted by Crippen LogP contribution is -2.29. The van der Waals surface area contributed by atoms with Gasteiger partial charge >= 0.3 is 5.97 Å². The highest BCUT2D eigenvalue weighted by Crippen LogP contribution is 2.24. The van der Waals surface area contributed by atoms with E-state index in [1.807, 2.05) is 25.1 Å². The molecule has 0 aliphatic rings. The van der Waals surface area contributed by atoms with Gasteiger partial charge < -0.3 is 15.6 Å². The van der Waals surface area contributed by atoms with Gasteiger partial charge in [0.15, 0.2) is 6.10 Å². The molecule has 0 spiro atoms. The van der Waals surface area contributed by atoms with Crippen LogP contribution in [0.2, 0.25) is 0 Å². The van der Waals surface area contributed by atoms with Crippen LogP contribution in [0.25, 0.3) is 0 Å². The second-order valence-corrected chi connectivity index (χ2v) is 4.70. The lowest BCUT2D eigenvalue weighted by atomic mass is 9.98. The summed E-state index contributed by atoms with van der Waals surface area (Å²) in [4.78, 5) is 11.0. The Morgan fingerprint density at radius 3 is 2.56 bits per heavy atom. The molecule has 0 aliphatic heterocycles. The Balaban J connectivity index is 2.84. The Labute approximate surface area is 108 Å². The molecule has 0 bridgehead atoms. The van der Waals surface area contributed by atoms with Crippen molar-refractivity contribution >= 4 is 5.97 Å². The molecule has 1 atom stereocenters. The van der Waals surface area contributed by atoms with E-state index in [0.717, 1.165) is 5.56 Å². The van der Waals surface area contributed by atoms with E-state index in [-0.39, 0.29) is 0 Å². The number of rotatable bonds is 6. The highest BCUT2D eigenvalue weighted by molar-refractivity contribution is 5.72. The quantitative estimate of drug-likeness (QED) is 0.813. The van der Waals surface area contributed by atoms with Crippen LogP contribution in [0.15, 0.2) is 18.2 Å². The van der Waals surface area contributed by atoms with Crippen molar-refractivity contribution in [3.8, 4) is 5.75 Å². The maximum atomic E-state index is 11.0. The van der Waals surface area contributed by atoms with Crippen LogP contribution in [0.4, 0.5) is 0 Å². The van der Waals surface area contributed by atoms with Crippen molar-refractivity contribution in [3.63, 3.8) is 0 Å². The average Bonchev–Trinajstić information content (AvgIpc) is 2.27. The minimum absolute atomic E-state index is 0.292. The van der Waals surface area contributed by atoms with Gasteiger partial charge in [-0.15, -0.1) is 0 Å². The SMILES string of the molecule is Cc1cc(OC(CCN)C(=O)O)ccc1C(C)C. The third kappa shape index (κ3) is 3.74. The summed E-state index contributed by atoms with van der Waals surface area (Å²) >= 11 is 0. The Hall–Kier alpha value is -1.55. The van der Waals surface area contributed by atoms with Crippen LogP contribution in [-0.2, 0) is 4.79 Å². The number of benzene rings is 1. The fraction of sp³-hybridized carbons (Fsp3) is 0.500. The van der Waals surface area contributed by atoms with Gasteiger partial charge in [0.2, 0.25) is 0 Å². The van der Waals surface area contributed by atoms with Gasteiger partial charge in [-0.05, 0) is 42.6 Å². The molecule has 1 aromatic rings. The molecule has 4 nitrogen and oxygen atoms in total. The lowest BCUT2D eigenvalue weighted by Gasteiger charge is -2.16. The summed E-state index contributed by atoms with van der Waals surface area (Å²) in [5, 5.41) is 9.00. The predicted octanol–water partition coefficient (Wildman–Crippen LogP) is 2.30. The Bertz CT molecular complexity index is 416. The van der Waals surface area contributed by atoms with E-state index in [1.165, 1.54) is 5.56 Å². The van der Waals surface area contributed by atoms with E-state index in [0.29, 0.717) is 24.6 Å². The maximum absolute atomic E-state index is 11.0. The van der Waals surface area contributed by atoms with Gasteiger partial charge in [-0.25, -0.2) is 4.79 Å². The third-order valence-electron chi connectivity index (χ3n) is 2.85. The molecule has 0 radical (unpaired) electrons. The maximum Gasteiger partial charge on any atom is 0.344 e. The second-order valence-electron chi connectivity index (χ2n) is 4.70. The summed E-state index contributed by atoms with van der Waals surface area (Å²) in [5.74, 6) is 0.0437. The molecule has 1 unspecified atom stereocenters. The van der Waals surface area contributed by atoms with Gasteiger partial charge in [0.25, 0.3) is 0 Å². The largest absolute Gasteiger partial charge is 0.479 e. The third-order valence-corrected chi connectivity index (χ3v) is 2.85. The zero-order valence-electron chi connectivity index (χ0n) is 11.1. The van der Waals surface area contributed by atoms with Gasteiger partial charge in [0, 0.05) is 6.42 Å². The normalized spacial score (nSPS) is 12.5. The van der Waals surface area contributed by atoms with E-state index in [1.54, 1.807) is 0 Å². The smallest absolute Gasteiger partial charge is 0.344 e. The van der Waals surface area contributed by atoms with Crippen LogP contribution in [0, 0.1) is 6.92 Å². The Kier molecular flexibility index (Phi) is 5.16. The number of carbonyl (C=O) groups is 1. The molecule has 0 saturated heterocycles. The topological polar surface area (TPSA) is 72.5 Å². The standard InChI is InChI=1S/C14H21NO3/c1-9(2)12-5-4-11(8-10(12)3)18-13(6-7-15)14(16)17/h4-5,8-9,13H,6-7,15H2,1-3H3,(H,16,17). The van der Waals surface area contributed by atoms with E-state index < -0.39 is 12.1 Å². The number of carboxylic acids is 1. The molecule has 3 N–H and O–H groups in total. The molecule has 0 saturated carbocycles. The molecule has 100 valence electrons. The molecule has 1 rings (SSSR count). The summed E-state index contributed by atoms with van der Waals surface area (Å²) in [5.41, 5.74) is 7.73. The minimum atomic E-state index is -0.981. The minimum Gasteiger partial charge on any atom is -0.479 e. The van der Waals surface area contributed by atoms with Gasteiger partial charge in [-0.3, -0.25) is 0 Å². The molecule has 0 fully saturated rings. The predicted molar refractivity (Wildman–Crippen MR) is 71.0 cm³/mol. The van der Waals surface area contributed by atoms with Gasteiger partial charge in [0.1, 0.15) is 5.75 Å². The summed E-state index contributed by atoms with van der Waals surface area (Å²) in [6.07, 6.45) is -0.570. The number of nitrogens with two attached hydrogens (primary N) is 1. The van der Waals surface area contributed by atoms with Gasteiger partial charge in [0.05, 0.1) is 0 Å². The van der Waals surface area contributed by atoms with E-state index >= 15 is 0 Å². The van der Waals surface area contributed by atoms with Crippen LogP contribution in [0.3, 0.4) is 0 Å². The van der Waals surface area contributed by atoms with Gasteiger partial charge in [-0.2, -0.15) is 0 Å². The number of carboxylic acid groups (broad SMARTS) is 1. The first-order chi connectivity index (χ1) is 8.45. The monoisotopic (exact) mass is 251 g/mol. The first-order valence-electron chi connectivity index (χ1n) is 6.15. The summed E-state index contributed by atoms with van der Waals surface area (Å²) in [7, 11) is 0. The molecule has 1 aromatic carbocycles. The number of hydrogen-bond donors (Lipinski definition) is 2. The molecule has 0 aromatic heterocycles. The number of aliphatic carboxylic acids is 1. The number of aryl methyl sites for hydroxylation is 1. The van der Waals surface area contributed by atoms with Crippen molar-refractivity contribution in [3.05, 3.63) is 29.3 Å². The number of hydrogen-bond acceptors (Lipinski definition) is 3. The fourth-order valence-corrected chi connectivity index (χ4v) is 1.92. The average molecular weight is 251 g/mol. The van der Waals surface area contributed by atoms with Crippen molar-refractivity contribution in [2.24, 2.45) is 5.73 Å². The summed E-state index contributed by atoms with van der Waals surface area (Å²) < 4.78 is 5.45. The van der Waals surface area contributed by atoms with E-state index in [2.05, 4.69) is 13.8 Å². The van der Waals surface area contributed by atoms with Crippen molar-refractivity contribution in [1.82, 2.24) is 0 Å². The molecule has 0 heterocycles. The van der Waals surface area contributed by atoms with Crippen LogP contribution >= 0.6 is 0 Å². The van der Waals surface area contributed by atoms with Crippen LogP contribution < -0.4 is 10.5 Å². The highest BCUT2D eigenvalue weighted by Gasteiger charge is 2.18. The first-order valence-corrected chi connectivity index (χ1v) is 6.15. The van der Waals surface area contributed by atoms with Crippen molar-refractivity contribution in [1.29, 1.82) is 0 Å². The lowest BCUT2D eigenvalue weighted by molar-refractivity contribution is -0.145. The summed E-state index contributed by atoms with van der Waals surface area (Å²) in [6.45, 7) is 6.54. The van der Waals surface area contributed by atoms with Crippen molar-refractivity contribution < 1.29 is 14.6 Å². The van der Waals surface area contributed by atoms with E-state index in [9.17, 15) is 4.79 Å². The van der Waals surface area contributed by atoms with Gasteiger partial charge in [-0.1, -0.05) is 19.9 Å².